The fourth-order valence-corrected chi connectivity index (χ4v) is 2.06. The third kappa shape index (κ3) is 5.80. The summed E-state index contributed by atoms with van der Waals surface area (Å²) < 4.78 is 5.28. The molecule has 1 amide bonds. The van der Waals surface area contributed by atoms with Gasteiger partial charge in [0.05, 0.1) is 5.69 Å². The van der Waals surface area contributed by atoms with Gasteiger partial charge < -0.3 is 4.74 Å². The van der Waals surface area contributed by atoms with Crippen LogP contribution in [0.4, 0.5) is 10.5 Å². The van der Waals surface area contributed by atoms with E-state index in [2.05, 4.69) is 5.32 Å². The van der Waals surface area contributed by atoms with Crippen molar-refractivity contribution >= 4 is 35.5 Å². The summed E-state index contributed by atoms with van der Waals surface area (Å²) in [6.45, 7) is 5.50. The maximum Gasteiger partial charge on any atom is 0.412 e. The molecule has 0 fully saturated rings. The monoisotopic (exact) mass is 329 g/mol. The van der Waals surface area contributed by atoms with Crippen molar-refractivity contribution in [2.24, 2.45) is 0 Å². The van der Waals surface area contributed by atoms with Crippen molar-refractivity contribution in [2.45, 2.75) is 26.4 Å². The molecule has 0 aliphatic carbocycles. The van der Waals surface area contributed by atoms with E-state index in [-0.39, 0.29) is 0 Å². The summed E-state index contributed by atoms with van der Waals surface area (Å²) in [5, 5.41) is 3.48. The first-order chi connectivity index (χ1) is 10.8. The normalized spacial score (nSPS) is 11.5. The van der Waals surface area contributed by atoms with Gasteiger partial charge in [-0.3, -0.25) is 5.32 Å². The molecule has 3 nitrogen and oxygen atoms in total. The van der Waals surface area contributed by atoms with Crippen LogP contribution in [-0.4, -0.2) is 11.7 Å². The standard InChI is InChI=1S/C19H20ClNO2/c1-19(2,3)23-18(22)21-17-7-5-4-6-15(17)11-8-14-9-12-16(20)13-10-14/h4-13H,1-3H3,(H,21,22)/b11-8+. The lowest BCUT2D eigenvalue weighted by molar-refractivity contribution is 0.0636. The Balaban J connectivity index is 2.14. The fraction of sp³-hybridized carbons (Fsp3) is 0.211. The molecule has 120 valence electrons. The van der Waals surface area contributed by atoms with Gasteiger partial charge in [0.25, 0.3) is 0 Å². The number of carbonyl (C=O) groups is 1. The predicted molar refractivity (Wildman–Crippen MR) is 96.7 cm³/mol. The molecule has 0 aliphatic heterocycles. The van der Waals surface area contributed by atoms with E-state index in [1.807, 2.05) is 81.5 Å². The van der Waals surface area contributed by atoms with Gasteiger partial charge in [0.15, 0.2) is 0 Å². The summed E-state index contributed by atoms with van der Waals surface area (Å²) in [7, 11) is 0. The molecule has 0 saturated carbocycles. The molecule has 2 rings (SSSR count). The second-order valence-corrected chi connectivity index (χ2v) is 6.54. The first-order valence-corrected chi connectivity index (χ1v) is 7.74. The molecular weight excluding hydrogens is 310 g/mol. The average Bonchev–Trinajstić information content (AvgIpc) is 2.46. The zero-order chi connectivity index (χ0) is 16.9. The van der Waals surface area contributed by atoms with Gasteiger partial charge in [0.2, 0.25) is 0 Å². The molecule has 1 N–H and O–H groups in total. The van der Waals surface area contributed by atoms with E-state index in [4.69, 9.17) is 16.3 Å². The summed E-state index contributed by atoms with van der Waals surface area (Å²) in [5.74, 6) is 0. The van der Waals surface area contributed by atoms with E-state index >= 15 is 0 Å². The molecule has 2 aromatic rings. The highest BCUT2D eigenvalue weighted by molar-refractivity contribution is 6.30. The maximum atomic E-state index is 11.9. The molecular formula is C19H20ClNO2. The number of carbonyl (C=O) groups excluding carboxylic acids is 1. The Morgan fingerprint density at radius 1 is 1.04 bits per heavy atom. The molecule has 0 saturated heterocycles. The Morgan fingerprint density at radius 2 is 1.70 bits per heavy atom. The molecule has 0 bridgehead atoms. The van der Waals surface area contributed by atoms with E-state index in [1.165, 1.54) is 0 Å². The second kappa shape index (κ2) is 7.34. The summed E-state index contributed by atoms with van der Waals surface area (Å²) in [6.07, 6.45) is 3.44. The van der Waals surface area contributed by atoms with Crippen LogP contribution in [0.2, 0.25) is 5.02 Å². The van der Waals surface area contributed by atoms with Gasteiger partial charge >= 0.3 is 6.09 Å². The highest BCUT2D eigenvalue weighted by Gasteiger charge is 2.16. The van der Waals surface area contributed by atoms with Gasteiger partial charge in [-0.1, -0.05) is 54.1 Å². The third-order valence-electron chi connectivity index (χ3n) is 2.92. The predicted octanol–water partition coefficient (Wildman–Crippen LogP) is 5.86. The minimum atomic E-state index is -0.530. The average molecular weight is 330 g/mol. The molecule has 0 radical (unpaired) electrons. The molecule has 4 heteroatoms. The van der Waals surface area contributed by atoms with Gasteiger partial charge in [0.1, 0.15) is 5.60 Å². The van der Waals surface area contributed by atoms with Crippen molar-refractivity contribution in [3.63, 3.8) is 0 Å². The minimum absolute atomic E-state index is 0.468. The molecule has 0 heterocycles. The molecule has 2 aromatic carbocycles. The number of hydrogen-bond donors (Lipinski definition) is 1. The molecule has 0 atom stereocenters. The maximum absolute atomic E-state index is 11.9. The minimum Gasteiger partial charge on any atom is -0.444 e. The van der Waals surface area contributed by atoms with Crippen molar-refractivity contribution in [1.29, 1.82) is 0 Å². The van der Waals surface area contributed by atoms with Gasteiger partial charge in [-0.2, -0.15) is 0 Å². The Morgan fingerprint density at radius 3 is 2.35 bits per heavy atom. The Labute approximate surface area is 141 Å². The summed E-state index contributed by atoms with van der Waals surface area (Å²) in [6, 6.07) is 15.1. The first kappa shape index (κ1) is 17.1. The van der Waals surface area contributed by atoms with Crippen LogP contribution in [0, 0.1) is 0 Å². The van der Waals surface area contributed by atoms with Crippen molar-refractivity contribution in [2.75, 3.05) is 5.32 Å². The Bertz CT molecular complexity index is 700. The van der Waals surface area contributed by atoms with E-state index < -0.39 is 11.7 Å². The number of anilines is 1. The number of nitrogens with one attached hydrogen (secondary N) is 1. The zero-order valence-corrected chi connectivity index (χ0v) is 14.2. The number of ether oxygens (including phenoxy) is 1. The van der Waals surface area contributed by atoms with Crippen molar-refractivity contribution in [3.05, 3.63) is 64.7 Å². The van der Waals surface area contributed by atoms with Crippen molar-refractivity contribution < 1.29 is 9.53 Å². The molecule has 0 spiro atoms. The topological polar surface area (TPSA) is 38.3 Å². The van der Waals surface area contributed by atoms with Crippen LogP contribution in [0.3, 0.4) is 0 Å². The van der Waals surface area contributed by atoms with Crippen LogP contribution in [0.5, 0.6) is 0 Å². The van der Waals surface area contributed by atoms with E-state index in [9.17, 15) is 4.79 Å². The van der Waals surface area contributed by atoms with E-state index in [0.717, 1.165) is 11.1 Å². The number of rotatable bonds is 3. The molecule has 0 aromatic heterocycles. The van der Waals surface area contributed by atoms with Gasteiger partial charge in [-0.05, 0) is 50.1 Å². The second-order valence-electron chi connectivity index (χ2n) is 6.10. The zero-order valence-electron chi connectivity index (χ0n) is 13.5. The number of para-hydroxylation sites is 1. The molecule has 0 unspecified atom stereocenters. The van der Waals surface area contributed by atoms with Crippen LogP contribution >= 0.6 is 11.6 Å². The van der Waals surface area contributed by atoms with E-state index in [1.54, 1.807) is 0 Å². The summed E-state index contributed by atoms with van der Waals surface area (Å²) in [5.41, 5.74) is 2.10. The number of amides is 1. The van der Waals surface area contributed by atoms with E-state index in [0.29, 0.717) is 10.7 Å². The van der Waals surface area contributed by atoms with Crippen molar-refractivity contribution in [1.82, 2.24) is 0 Å². The van der Waals surface area contributed by atoms with Crippen LogP contribution in [0.15, 0.2) is 48.5 Å². The summed E-state index contributed by atoms with van der Waals surface area (Å²) >= 11 is 5.88. The Kier molecular flexibility index (Phi) is 5.45. The Hall–Kier alpha value is -2.26. The van der Waals surface area contributed by atoms with Crippen LogP contribution < -0.4 is 5.32 Å². The van der Waals surface area contributed by atoms with Crippen LogP contribution in [0.25, 0.3) is 12.2 Å². The van der Waals surface area contributed by atoms with Crippen LogP contribution in [0.1, 0.15) is 31.9 Å². The third-order valence-corrected chi connectivity index (χ3v) is 3.17. The fourth-order valence-electron chi connectivity index (χ4n) is 1.93. The van der Waals surface area contributed by atoms with Crippen LogP contribution in [-0.2, 0) is 4.74 Å². The highest BCUT2D eigenvalue weighted by atomic mass is 35.5. The van der Waals surface area contributed by atoms with Gasteiger partial charge in [0, 0.05) is 5.02 Å². The van der Waals surface area contributed by atoms with Gasteiger partial charge in [-0.15, -0.1) is 0 Å². The lowest BCUT2D eigenvalue weighted by atomic mass is 10.1. The lowest BCUT2D eigenvalue weighted by Gasteiger charge is -2.20. The molecule has 0 aliphatic rings. The first-order valence-electron chi connectivity index (χ1n) is 7.36. The van der Waals surface area contributed by atoms with Gasteiger partial charge in [-0.25, -0.2) is 4.79 Å². The number of benzene rings is 2. The largest absolute Gasteiger partial charge is 0.444 e. The quantitative estimate of drug-likeness (QED) is 0.716. The smallest absolute Gasteiger partial charge is 0.412 e. The number of halogens is 1. The molecule has 23 heavy (non-hydrogen) atoms. The SMILES string of the molecule is CC(C)(C)OC(=O)Nc1ccccc1/C=C/c1ccc(Cl)cc1. The lowest BCUT2D eigenvalue weighted by Crippen LogP contribution is -2.27. The highest BCUT2D eigenvalue weighted by Crippen LogP contribution is 2.20. The summed E-state index contributed by atoms with van der Waals surface area (Å²) in [4.78, 5) is 11.9. The number of hydrogen-bond acceptors (Lipinski definition) is 2. The van der Waals surface area contributed by atoms with Crippen molar-refractivity contribution in [3.8, 4) is 0 Å².